The fourth-order valence-corrected chi connectivity index (χ4v) is 2.40. The highest BCUT2D eigenvalue weighted by Gasteiger charge is 2.52. The van der Waals surface area contributed by atoms with E-state index in [4.69, 9.17) is 9.31 Å². The first-order valence-electron chi connectivity index (χ1n) is 7.81. The van der Waals surface area contributed by atoms with E-state index in [2.05, 4.69) is 15.3 Å². The van der Waals surface area contributed by atoms with Crippen molar-refractivity contribution in [3.63, 3.8) is 0 Å². The summed E-state index contributed by atoms with van der Waals surface area (Å²) < 4.78 is 12.2. The van der Waals surface area contributed by atoms with Gasteiger partial charge in [0.25, 0.3) is 5.91 Å². The predicted molar refractivity (Wildman–Crippen MR) is 92.1 cm³/mol. The highest BCUT2D eigenvalue weighted by atomic mass is 16.7. The maximum atomic E-state index is 12.4. The molecule has 0 unspecified atom stereocenters. The lowest BCUT2D eigenvalue weighted by atomic mass is 9.78. The van der Waals surface area contributed by atoms with Gasteiger partial charge in [0.1, 0.15) is 6.33 Å². The Morgan fingerprint density at radius 3 is 2.25 bits per heavy atom. The predicted octanol–water partition coefficient (Wildman–Crippen LogP) is 2.03. The Balaban J connectivity index is 1.86. The summed E-state index contributed by atoms with van der Waals surface area (Å²) in [7, 11) is -0.543. The molecule has 0 bridgehead atoms. The van der Waals surface area contributed by atoms with Crippen molar-refractivity contribution in [2.45, 2.75) is 38.9 Å². The van der Waals surface area contributed by atoms with Gasteiger partial charge in [-0.3, -0.25) is 4.79 Å². The van der Waals surface area contributed by atoms with E-state index in [0.29, 0.717) is 11.3 Å². The topological polar surface area (TPSA) is 73.3 Å². The smallest absolute Gasteiger partial charge is 0.399 e. The molecule has 1 aromatic carbocycles. The maximum absolute atomic E-state index is 12.4. The van der Waals surface area contributed by atoms with Crippen LogP contribution in [0.4, 0.5) is 5.69 Å². The molecule has 0 spiro atoms. The summed E-state index contributed by atoms with van der Waals surface area (Å²) in [6.45, 7) is 7.98. The second-order valence-electron chi connectivity index (χ2n) is 6.76. The van der Waals surface area contributed by atoms with Gasteiger partial charge in [-0.1, -0.05) is 18.2 Å². The lowest BCUT2D eigenvalue weighted by molar-refractivity contribution is 0.00578. The normalized spacial score (nSPS) is 18.4. The van der Waals surface area contributed by atoms with E-state index in [9.17, 15) is 4.79 Å². The monoisotopic (exact) mass is 325 g/mol. The molecule has 0 aliphatic carbocycles. The molecule has 2 heterocycles. The Labute approximate surface area is 141 Å². The van der Waals surface area contributed by atoms with Crippen LogP contribution in [-0.4, -0.2) is 34.2 Å². The van der Waals surface area contributed by atoms with E-state index in [1.807, 2.05) is 52.0 Å². The van der Waals surface area contributed by atoms with E-state index in [1.165, 1.54) is 18.7 Å². The van der Waals surface area contributed by atoms with Crippen LogP contribution in [0.1, 0.15) is 38.1 Å². The quantitative estimate of drug-likeness (QED) is 0.874. The maximum Gasteiger partial charge on any atom is 0.496 e. The van der Waals surface area contributed by atoms with Crippen LogP contribution in [0.25, 0.3) is 0 Å². The average molecular weight is 325 g/mol. The van der Waals surface area contributed by atoms with Crippen LogP contribution in [0.3, 0.4) is 0 Å². The summed E-state index contributed by atoms with van der Waals surface area (Å²) in [5.41, 5.74) is 0.928. The van der Waals surface area contributed by atoms with E-state index >= 15 is 0 Å². The molecule has 124 valence electrons. The number of hydrogen-bond donors (Lipinski definition) is 1. The van der Waals surface area contributed by atoms with Crippen molar-refractivity contribution < 1.29 is 14.1 Å². The molecule has 7 heteroatoms. The number of nitrogens with zero attached hydrogens (tertiary/aromatic N) is 2. The third-order valence-electron chi connectivity index (χ3n) is 4.54. The van der Waals surface area contributed by atoms with Gasteiger partial charge < -0.3 is 14.6 Å². The Kier molecular flexibility index (Phi) is 4.15. The van der Waals surface area contributed by atoms with Crippen LogP contribution in [0, 0.1) is 0 Å². The highest BCUT2D eigenvalue weighted by Crippen LogP contribution is 2.37. The van der Waals surface area contributed by atoms with Gasteiger partial charge in [0.05, 0.1) is 16.8 Å². The van der Waals surface area contributed by atoms with E-state index in [0.717, 1.165) is 5.46 Å². The molecule has 1 aromatic heterocycles. The first-order valence-corrected chi connectivity index (χ1v) is 7.81. The first kappa shape index (κ1) is 16.6. The number of carbonyl (C=O) groups is 1. The molecule has 1 fully saturated rings. The third-order valence-corrected chi connectivity index (χ3v) is 4.54. The Morgan fingerprint density at radius 1 is 1.04 bits per heavy atom. The van der Waals surface area contributed by atoms with Crippen molar-refractivity contribution in [3.05, 3.63) is 48.5 Å². The fourth-order valence-electron chi connectivity index (χ4n) is 2.40. The first-order chi connectivity index (χ1) is 11.3. The summed E-state index contributed by atoms with van der Waals surface area (Å²) in [5.74, 6) is -0.278. The van der Waals surface area contributed by atoms with Crippen LogP contribution < -0.4 is 10.8 Å². The Hall–Kier alpha value is -2.25. The summed E-state index contributed by atoms with van der Waals surface area (Å²) in [6.07, 6.45) is 4.33. The summed E-state index contributed by atoms with van der Waals surface area (Å²) in [4.78, 5) is 20.1. The minimum Gasteiger partial charge on any atom is -0.399 e. The molecule has 1 amide bonds. The molecule has 6 nitrogen and oxygen atoms in total. The molecule has 0 radical (unpaired) electrons. The van der Waals surface area contributed by atoms with Crippen molar-refractivity contribution in [2.24, 2.45) is 0 Å². The molecule has 0 saturated carbocycles. The zero-order valence-corrected chi connectivity index (χ0v) is 14.2. The van der Waals surface area contributed by atoms with E-state index in [1.54, 1.807) is 0 Å². The standard InChI is InChI=1S/C17H20BN3O3/c1-16(2)17(3,4)24-18(23-16)13-7-5-6-8-14(13)21-15(22)12-9-19-11-20-10-12/h5-11H,1-4H3,(H,21,22). The van der Waals surface area contributed by atoms with Crippen LogP contribution in [0.2, 0.25) is 0 Å². The number of anilines is 1. The minimum atomic E-state index is -0.543. The lowest BCUT2D eigenvalue weighted by Crippen LogP contribution is -2.41. The lowest BCUT2D eigenvalue weighted by Gasteiger charge is -2.32. The number of carbonyl (C=O) groups excluding carboxylic acids is 1. The molecular formula is C17H20BN3O3. The van der Waals surface area contributed by atoms with Crippen molar-refractivity contribution in [3.8, 4) is 0 Å². The number of rotatable bonds is 3. The van der Waals surface area contributed by atoms with Gasteiger partial charge in [-0.2, -0.15) is 0 Å². The molecule has 1 aliphatic heterocycles. The number of hydrogen-bond acceptors (Lipinski definition) is 5. The fraction of sp³-hybridized carbons (Fsp3) is 0.353. The Bertz CT molecular complexity index is 734. The zero-order chi connectivity index (χ0) is 17.4. The molecule has 24 heavy (non-hydrogen) atoms. The van der Waals surface area contributed by atoms with Crippen LogP contribution in [0.5, 0.6) is 0 Å². The summed E-state index contributed by atoms with van der Waals surface area (Å²) >= 11 is 0. The van der Waals surface area contributed by atoms with Gasteiger partial charge >= 0.3 is 7.12 Å². The summed E-state index contributed by atoms with van der Waals surface area (Å²) in [5, 5.41) is 2.88. The molecule has 2 aromatic rings. The number of aromatic nitrogens is 2. The molecule has 1 N–H and O–H groups in total. The van der Waals surface area contributed by atoms with Crippen molar-refractivity contribution in [1.29, 1.82) is 0 Å². The average Bonchev–Trinajstić information content (AvgIpc) is 2.76. The second-order valence-corrected chi connectivity index (χ2v) is 6.76. The molecule has 0 atom stereocenters. The van der Waals surface area contributed by atoms with Crippen LogP contribution in [0.15, 0.2) is 43.0 Å². The number of benzene rings is 1. The number of amides is 1. The van der Waals surface area contributed by atoms with Crippen LogP contribution in [-0.2, 0) is 9.31 Å². The molecule has 3 rings (SSSR count). The Morgan fingerprint density at radius 2 is 1.62 bits per heavy atom. The second kappa shape index (κ2) is 6.00. The van der Waals surface area contributed by atoms with Crippen molar-refractivity contribution >= 4 is 24.2 Å². The van der Waals surface area contributed by atoms with E-state index < -0.39 is 18.3 Å². The SMILES string of the molecule is CC1(C)OB(c2ccccc2NC(=O)c2cncnc2)OC1(C)C. The highest BCUT2D eigenvalue weighted by molar-refractivity contribution is 6.64. The van der Waals surface area contributed by atoms with Gasteiger partial charge in [0, 0.05) is 23.5 Å². The van der Waals surface area contributed by atoms with Gasteiger partial charge in [-0.25, -0.2) is 9.97 Å². The van der Waals surface area contributed by atoms with Gasteiger partial charge in [0.2, 0.25) is 0 Å². The number of nitrogens with one attached hydrogen (secondary N) is 1. The third kappa shape index (κ3) is 3.05. The molecule has 1 aliphatic rings. The van der Waals surface area contributed by atoms with Gasteiger partial charge in [-0.05, 0) is 33.8 Å². The molecular weight excluding hydrogens is 305 g/mol. The largest absolute Gasteiger partial charge is 0.496 e. The minimum absolute atomic E-state index is 0.278. The van der Waals surface area contributed by atoms with Crippen molar-refractivity contribution in [2.75, 3.05) is 5.32 Å². The van der Waals surface area contributed by atoms with Gasteiger partial charge in [-0.15, -0.1) is 0 Å². The summed E-state index contributed by atoms with van der Waals surface area (Å²) in [6, 6.07) is 7.45. The van der Waals surface area contributed by atoms with Crippen LogP contribution >= 0.6 is 0 Å². The van der Waals surface area contributed by atoms with E-state index in [-0.39, 0.29) is 5.91 Å². The molecule has 1 saturated heterocycles. The van der Waals surface area contributed by atoms with Crippen molar-refractivity contribution in [1.82, 2.24) is 9.97 Å². The van der Waals surface area contributed by atoms with Gasteiger partial charge in [0.15, 0.2) is 0 Å². The number of para-hydroxylation sites is 1. The zero-order valence-electron chi connectivity index (χ0n) is 14.2.